The molecule has 1 aliphatic rings. The van der Waals surface area contributed by atoms with E-state index in [1.165, 1.54) is 6.20 Å². The quantitative estimate of drug-likeness (QED) is 0.921. The van der Waals surface area contributed by atoms with E-state index in [4.69, 9.17) is 0 Å². The fourth-order valence-corrected chi connectivity index (χ4v) is 2.54. The van der Waals surface area contributed by atoms with E-state index in [0.29, 0.717) is 5.69 Å². The maximum absolute atomic E-state index is 14.6. The number of hydrogen-bond acceptors (Lipinski definition) is 3. The van der Waals surface area contributed by atoms with Crippen molar-refractivity contribution in [2.75, 3.05) is 6.54 Å². The summed E-state index contributed by atoms with van der Waals surface area (Å²) < 4.78 is 16.2. The number of para-hydroxylation sites is 1. The highest BCUT2D eigenvalue weighted by Crippen LogP contribution is 2.27. The molecule has 2 aromatic rings. The number of alkyl halides is 1. The number of piperidine rings is 1. The maximum atomic E-state index is 14.6. The molecule has 0 aliphatic carbocycles. The Morgan fingerprint density at radius 2 is 2.11 bits per heavy atom. The van der Waals surface area contributed by atoms with Gasteiger partial charge in [-0.25, -0.2) is 9.07 Å². The molecule has 0 spiro atoms. The van der Waals surface area contributed by atoms with Gasteiger partial charge in [0.05, 0.1) is 11.9 Å². The number of rotatable bonds is 3. The Balaban J connectivity index is 1.87. The Kier molecular flexibility index (Phi) is 3.55. The largest absolute Gasteiger partial charge is 0.311 e. The van der Waals surface area contributed by atoms with Gasteiger partial charge in [-0.2, -0.15) is 0 Å². The predicted octanol–water partition coefficient (Wildman–Crippen LogP) is 2.42. The lowest BCUT2D eigenvalue weighted by Crippen LogP contribution is -2.38. The van der Waals surface area contributed by atoms with E-state index in [9.17, 15) is 4.39 Å². The molecule has 2 atom stereocenters. The first-order valence-electron chi connectivity index (χ1n) is 6.70. The number of benzene rings is 1. The zero-order chi connectivity index (χ0) is 13.1. The summed E-state index contributed by atoms with van der Waals surface area (Å²) in [5.74, 6) is 0. The van der Waals surface area contributed by atoms with Crippen molar-refractivity contribution in [3.05, 3.63) is 42.2 Å². The molecule has 19 heavy (non-hydrogen) atoms. The molecule has 0 radical (unpaired) electrons. The molecule has 0 saturated carbocycles. The van der Waals surface area contributed by atoms with Gasteiger partial charge in [0, 0.05) is 6.04 Å². The normalized spacial score (nSPS) is 21.2. The molecule has 1 N–H and O–H groups in total. The molecule has 5 heteroatoms. The summed E-state index contributed by atoms with van der Waals surface area (Å²) in [4.78, 5) is 0. The van der Waals surface area contributed by atoms with E-state index in [2.05, 4.69) is 15.6 Å². The highest BCUT2D eigenvalue weighted by molar-refractivity contribution is 5.32. The number of nitrogens with zero attached hydrogens (tertiary/aromatic N) is 3. The highest BCUT2D eigenvalue weighted by atomic mass is 19.1. The van der Waals surface area contributed by atoms with Crippen LogP contribution in [-0.4, -0.2) is 27.6 Å². The van der Waals surface area contributed by atoms with Gasteiger partial charge in [-0.15, -0.1) is 5.10 Å². The third-order valence-corrected chi connectivity index (χ3v) is 3.56. The smallest absolute Gasteiger partial charge is 0.159 e. The lowest BCUT2D eigenvalue weighted by molar-refractivity contribution is 0.213. The second kappa shape index (κ2) is 5.48. The van der Waals surface area contributed by atoms with Crippen LogP contribution >= 0.6 is 0 Å². The van der Waals surface area contributed by atoms with Gasteiger partial charge in [-0.1, -0.05) is 29.8 Å². The summed E-state index contributed by atoms with van der Waals surface area (Å²) in [7, 11) is 0. The Morgan fingerprint density at radius 1 is 1.26 bits per heavy atom. The molecule has 1 aromatic carbocycles. The zero-order valence-electron chi connectivity index (χ0n) is 10.7. The summed E-state index contributed by atoms with van der Waals surface area (Å²) in [6.45, 7) is 0.887. The van der Waals surface area contributed by atoms with Crippen LogP contribution in [0.4, 0.5) is 4.39 Å². The van der Waals surface area contributed by atoms with Gasteiger partial charge < -0.3 is 5.32 Å². The molecule has 4 nitrogen and oxygen atoms in total. The first-order chi connectivity index (χ1) is 9.36. The minimum absolute atomic E-state index is 0.130. The van der Waals surface area contributed by atoms with Crippen molar-refractivity contribution in [1.82, 2.24) is 20.3 Å². The van der Waals surface area contributed by atoms with Gasteiger partial charge >= 0.3 is 0 Å². The second-order valence-corrected chi connectivity index (χ2v) is 4.86. The van der Waals surface area contributed by atoms with Crippen molar-refractivity contribution in [1.29, 1.82) is 0 Å². The first-order valence-corrected chi connectivity index (χ1v) is 6.70. The fraction of sp³-hybridized carbons (Fsp3) is 0.429. The minimum Gasteiger partial charge on any atom is -0.311 e. The molecular weight excluding hydrogens is 243 g/mol. The predicted molar refractivity (Wildman–Crippen MR) is 70.8 cm³/mol. The van der Waals surface area contributed by atoms with Crippen LogP contribution < -0.4 is 5.32 Å². The molecule has 0 amide bonds. The lowest BCUT2D eigenvalue weighted by atomic mass is 9.99. The van der Waals surface area contributed by atoms with E-state index in [-0.39, 0.29) is 6.04 Å². The number of nitrogens with one attached hydrogen (secondary N) is 1. The number of halogens is 1. The van der Waals surface area contributed by atoms with Gasteiger partial charge in [0.15, 0.2) is 6.17 Å². The van der Waals surface area contributed by atoms with Crippen molar-refractivity contribution in [3.8, 4) is 5.69 Å². The third-order valence-electron chi connectivity index (χ3n) is 3.56. The van der Waals surface area contributed by atoms with E-state index in [0.717, 1.165) is 31.5 Å². The number of aromatic nitrogens is 3. The van der Waals surface area contributed by atoms with Crippen molar-refractivity contribution in [2.45, 2.75) is 31.5 Å². The summed E-state index contributed by atoms with van der Waals surface area (Å²) in [6, 6.07) is 9.42. The second-order valence-electron chi connectivity index (χ2n) is 4.86. The van der Waals surface area contributed by atoms with E-state index in [1.54, 1.807) is 4.68 Å². The average molecular weight is 260 g/mol. The maximum Gasteiger partial charge on any atom is 0.159 e. The standard InChI is InChI=1S/C14H17FN4/c15-14(12-8-4-5-9-16-12)13-10-17-18-19(13)11-6-2-1-3-7-11/h1-3,6-7,10,12,14,16H,4-5,8-9H2. The van der Waals surface area contributed by atoms with Gasteiger partial charge in [-0.3, -0.25) is 0 Å². The molecule has 2 heterocycles. The van der Waals surface area contributed by atoms with Crippen molar-refractivity contribution < 1.29 is 4.39 Å². The van der Waals surface area contributed by atoms with Crippen LogP contribution in [0.2, 0.25) is 0 Å². The van der Waals surface area contributed by atoms with Crippen LogP contribution in [0.25, 0.3) is 5.69 Å². The summed E-state index contributed by atoms with van der Waals surface area (Å²) in [5, 5.41) is 11.1. The van der Waals surface area contributed by atoms with Crippen LogP contribution in [0.1, 0.15) is 31.1 Å². The van der Waals surface area contributed by atoms with Gasteiger partial charge in [0.2, 0.25) is 0 Å². The molecule has 3 rings (SSSR count). The van der Waals surface area contributed by atoms with Gasteiger partial charge in [-0.05, 0) is 31.5 Å². The Morgan fingerprint density at radius 3 is 2.84 bits per heavy atom. The van der Waals surface area contributed by atoms with E-state index >= 15 is 0 Å². The Hall–Kier alpha value is -1.75. The monoisotopic (exact) mass is 260 g/mol. The topological polar surface area (TPSA) is 42.7 Å². The summed E-state index contributed by atoms with van der Waals surface area (Å²) in [5.41, 5.74) is 1.36. The fourth-order valence-electron chi connectivity index (χ4n) is 2.54. The molecule has 1 aromatic heterocycles. The molecular formula is C14H17FN4. The van der Waals surface area contributed by atoms with Crippen molar-refractivity contribution >= 4 is 0 Å². The molecule has 2 unspecified atom stereocenters. The Bertz CT molecular complexity index is 519. The van der Waals surface area contributed by atoms with E-state index < -0.39 is 6.17 Å². The van der Waals surface area contributed by atoms with Crippen LogP contribution in [0.3, 0.4) is 0 Å². The summed E-state index contributed by atoms with van der Waals surface area (Å²) in [6.07, 6.45) is 3.51. The van der Waals surface area contributed by atoms with E-state index in [1.807, 2.05) is 30.3 Å². The molecule has 1 aliphatic heterocycles. The van der Waals surface area contributed by atoms with Gasteiger partial charge in [0.25, 0.3) is 0 Å². The first kappa shape index (κ1) is 12.3. The molecule has 0 bridgehead atoms. The lowest BCUT2D eigenvalue weighted by Gasteiger charge is -2.26. The summed E-state index contributed by atoms with van der Waals surface area (Å²) >= 11 is 0. The van der Waals surface area contributed by atoms with Crippen LogP contribution in [0.5, 0.6) is 0 Å². The van der Waals surface area contributed by atoms with Crippen LogP contribution in [0.15, 0.2) is 36.5 Å². The molecule has 100 valence electrons. The van der Waals surface area contributed by atoms with Crippen molar-refractivity contribution in [3.63, 3.8) is 0 Å². The molecule has 1 saturated heterocycles. The SMILES string of the molecule is FC(c1cnnn1-c1ccccc1)C1CCCCN1. The van der Waals surface area contributed by atoms with Crippen LogP contribution in [0, 0.1) is 0 Å². The molecule has 1 fully saturated rings. The van der Waals surface area contributed by atoms with Crippen molar-refractivity contribution in [2.24, 2.45) is 0 Å². The third kappa shape index (κ3) is 2.51. The zero-order valence-corrected chi connectivity index (χ0v) is 10.7. The van der Waals surface area contributed by atoms with Crippen LogP contribution in [-0.2, 0) is 0 Å². The van der Waals surface area contributed by atoms with Gasteiger partial charge in [0.1, 0.15) is 5.69 Å². The highest BCUT2D eigenvalue weighted by Gasteiger charge is 2.27. The number of hydrogen-bond donors (Lipinski definition) is 1. The minimum atomic E-state index is -1.07. The average Bonchev–Trinajstić information content (AvgIpc) is 2.98. The Labute approximate surface area is 111 Å².